The number of nitrogens with one attached hydrogen (secondary N) is 1. The molecule has 0 spiro atoms. The van der Waals surface area contributed by atoms with Crippen molar-refractivity contribution in [2.45, 2.75) is 39.5 Å². The highest BCUT2D eigenvalue weighted by atomic mass is 15.3. The van der Waals surface area contributed by atoms with Gasteiger partial charge in [0, 0.05) is 30.5 Å². The van der Waals surface area contributed by atoms with Crippen LogP contribution >= 0.6 is 0 Å². The average molecular weight is 309 g/mol. The van der Waals surface area contributed by atoms with E-state index in [1.807, 2.05) is 27.8 Å². The first kappa shape index (κ1) is 15.5. The van der Waals surface area contributed by atoms with Gasteiger partial charge in [0.2, 0.25) is 0 Å². The number of rotatable bonds is 7. The van der Waals surface area contributed by atoms with Crippen molar-refractivity contribution in [3.05, 3.63) is 71.8 Å². The van der Waals surface area contributed by atoms with Gasteiger partial charge >= 0.3 is 0 Å². The van der Waals surface area contributed by atoms with Gasteiger partial charge in [-0.15, -0.1) is 0 Å². The van der Waals surface area contributed by atoms with Gasteiger partial charge in [-0.1, -0.05) is 30.3 Å². The second-order valence-corrected chi connectivity index (χ2v) is 6.05. The van der Waals surface area contributed by atoms with Crippen molar-refractivity contribution < 1.29 is 0 Å². The maximum Gasteiger partial charge on any atom is 0.0659 e. The van der Waals surface area contributed by atoms with Crippen LogP contribution in [0.2, 0.25) is 0 Å². The Morgan fingerprint density at radius 2 is 1.78 bits per heavy atom. The highest BCUT2D eigenvalue weighted by molar-refractivity contribution is 5.15. The van der Waals surface area contributed by atoms with Gasteiger partial charge < -0.3 is 5.32 Å². The quantitative estimate of drug-likeness (QED) is 0.730. The molecule has 0 aliphatic carbocycles. The first-order valence-electron chi connectivity index (χ1n) is 7.97. The van der Waals surface area contributed by atoms with Gasteiger partial charge in [-0.2, -0.15) is 10.2 Å². The Morgan fingerprint density at radius 1 is 1.00 bits per heavy atom. The lowest BCUT2D eigenvalue weighted by Crippen LogP contribution is -2.30. The summed E-state index contributed by atoms with van der Waals surface area (Å²) in [6, 6.07) is 10.7. The maximum absolute atomic E-state index is 4.44. The van der Waals surface area contributed by atoms with Crippen molar-refractivity contribution in [3.63, 3.8) is 0 Å². The molecule has 0 radical (unpaired) electrons. The minimum atomic E-state index is 0.353. The highest BCUT2D eigenvalue weighted by Crippen LogP contribution is 2.04. The summed E-state index contributed by atoms with van der Waals surface area (Å²) >= 11 is 0. The summed E-state index contributed by atoms with van der Waals surface area (Å²) in [6.45, 7) is 6.72. The monoisotopic (exact) mass is 309 g/mol. The molecular weight excluding hydrogens is 286 g/mol. The fraction of sp³-hybridized carbons (Fsp3) is 0.333. The molecule has 2 aromatic heterocycles. The van der Waals surface area contributed by atoms with Crippen molar-refractivity contribution in [3.8, 4) is 0 Å². The van der Waals surface area contributed by atoms with Crippen LogP contribution in [0.1, 0.15) is 23.6 Å². The maximum atomic E-state index is 4.44. The van der Waals surface area contributed by atoms with Crippen LogP contribution in [0, 0.1) is 6.92 Å². The molecule has 0 saturated heterocycles. The van der Waals surface area contributed by atoms with E-state index < -0.39 is 0 Å². The van der Waals surface area contributed by atoms with Gasteiger partial charge in [-0.3, -0.25) is 9.36 Å². The predicted molar refractivity (Wildman–Crippen MR) is 91.0 cm³/mol. The third kappa shape index (κ3) is 4.53. The van der Waals surface area contributed by atoms with Gasteiger partial charge in [0.15, 0.2) is 0 Å². The van der Waals surface area contributed by atoms with E-state index in [0.717, 1.165) is 19.6 Å². The van der Waals surface area contributed by atoms with Crippen LogP contribution in [0.25, 0.3) is 0 Å². The van der Waals surface area contributed by atoms with E-state index in [1.165, 1.54) is 16.7 Å². The zero-order valence-corrected chi connectivity index (χ0v) is 13.7. The number of hydrogen-bond acceptors (Lipinski definition) is 3. The number of hydrogen-bond donors (Lipinski definition) is 1. The SMILES string of the molecule is Cc1cnn(CC(C)NCc2cnn(Cc3ccccc3)c2)c1. The Kier molecular flexibility index (Phi) is 4.88. The van der Waals surface area contributed by atoms with E-state index in [1.54, 1.807) is 0 Å². The fourth-order valence-corrected chi connectivity index (χ4v) is 2.56. The lowest BCUT2D eigenvalue weighted by Gasteiger charge is -2.13. The molecule has 0 aliphatic rings. The molecule has 1 aromatic carbocycles. The van der Waals surface area contributed by atoms with Crippen LogP contribution in [0.3, 0.4) is 0 Å². The van der Waals surface area contributed by atoms with E-state index in [4.69, 9.17) is 0 Å². The summed E-state index contributed by atoms with van der Waals surface area (Å²) in [7, 11) is 0. The summed E-state index contributed by atoms with van der Waals surface area (Å²) in [4.78, 5) is 0. The molecule has 1 N–H and O–H groups in total. The highest BCUT2D eigenvalue weighted by Gasteiger charge is 2.05. The number of aryl methyl sites for hydroxylation is 1. The van der Waals surface area contributed by atoms with Crippen molar-refractivity contribution >= 4 is 0 Å². The Hall–Kier alpha value is -2.40. The third-order valence-corrected chi connectivity index (χ3v) is 3.75. The van der Waals surface area contributed by atoms with Crippen LogP contribution in [-0.2, 0) is 19.6 Å². The summed E-state index contributed by atoms with van der Waals surface area (Å²) in [5.41, 5.74) is 3.65. The van der Waals surface area contributed by atoms with Crippen molar-refractivity contribution in [2.75, 3.05) is 0 Å². The molecule has 120 valence electrons. The van der Waals surface area contributed by atoms with Gasteiger partial charge in [0.05, 0.1) is 25.5 Å². The lowest BCUT2D eigenvalue weighted by molar-refractivity contribution is 0.450. The van der Waals surface area contributed by atoms with Crippen LogP contribution in [0.4, 0.5) is 0 Å². The van der Waals surface area contributed by atoms with Crippen molar-refractivity contribution in [2.24, 2.45) is 0 Å². The van der Waals surface area contributed by atoms with Crippen LogP contribution in [0.15, 0.2) is 55.1 Å². The molecule has 0 aliphatic heterocycles. The molecule has 3 rings (SSSR count). The zero-order chi connectivity index (χ0) is 16.1. The van der Waals surface area contributed by atoms with E-state index in [9.17, 15) is 0 Å². The normalized spacial score (nSPS) is 12.4. The number of benzene rings is 1. The second kappa shape index (κ2) is 7.24. The molecule has 5 heteroatoms. The van der Waals surface area contributed by atoms with Gasteiger partial charge in [0.1, 0.15) is 0 Å². The van der Waals surface area contributed by atoms with Gasteiger partial charge in [-0.25, -0.2) is 0 Å². The minimum Gasteiger partial charge on any atom is -0.308 e. The summed E-state index contributed by atoms with van der Waals surface area (Å²) < 4.78 is 3.96. The van der Waals surface area contributed by atoms with Crippen LogP contribution in [-0.4, -0.2) is 25.6 Å². The minimum absolute atomic E-state index is 0.353. The zero-order valence-electron chi connectivity index (χ0n) is 13.7. The van der Waals surface area contributed by atoms with Gasteiger partial charge in [-0.05, 0) is 25.0 Å². The smallest absolute Gasteiger partial charge is 0.0659 e. The van der Waals surface area contributed by atoms with Crippen molar-refractivity contribution in [1.82, 2.24) is 24.9 Å². The molecule has 2 heterocycles. The molecule has 0 amide bonds. The third-order valence-electron chi connectivity index (χ3n) is 3.75. The summed E-state index contributed by atoms with van der Waals surface area (Å²) in [5.74, 6) is 0. The molecular formula is C18H23N5. The average Bonchev–Trinajstić information content (AvgIpc) is 3.15. The molecule has 5 nitrogen and oxygen atoms in total. The van der Waals surface area contributed by atoms with E-state index in [2.05, 4.69) is 66.0 Å². The van der Waals surface area contributed by atoms with Crippen LogP contribution < -0.4 is 5.32 Å². The molecule has 3 aromatic rings. The predicted octanol–water partition coefficient (Wildman–Crippen LogP) is 2.61. The number of nitrogens with zero attached hydrogens (tertiary/aromatic N) is 4. The molecule has 0 fully saturated rings. The van der Waals surface area contributed by atoms with Crippen LogP contribution in [0.5, 0.6) is 0 Å². The summed E-state index contributed by atoms with van der Waals surface area (Å²) in [6.07, 6.45) is 7.99. The molecule has 1 unspecified atom stereocenters. The first-order chi connectivity index (χ1) is 11.2. The molecule has 1 atom stereocenters. The first-order valence-corrected chi connectivity index (χ1v) is 7.97. The number of aromatic nitrogens is 4. The molecule has 0 bridgehead atoms. The van der Waals surface area contributed by atoms with Gasteiger partial charge in [0.25, 0.3) is 0 Å². The Labute approximate surface area is 136 Å². The lowest BCUT2D eigenvalue weighted by atomic mass is 10.2. The Morgan fingerprint density at radius 3 is 2.52 bits per heavy atom. The standard InChI is InChI=1S/C18H23N5/c1-15-8-20-22(11-15)12-16(2)19-9-18-10-21-23(14-18)13-17-6-4-3-5-7-17/h3-8,10-11,14,16,19H,9,12-13H2,1-2H3. The topological polar surface area (TPSA) is 47.7 Å². The van der Waals surface area contributed by atoms with E-state index >= 15 is 0 Å². The summed E-state index contributed by atoms with van der Waals surface area (Å²) in [5, 5.41) is 12.3. The van der Waals surface area contributed by atoms with E-state index in [-0.39, 0.29) is 0 Å². The Bertz CT molecular complexity index is 729. The van der Waals surface area contributed by atoms with E-state index in [0.29, 0.717) is 6.04 Å². The fourth-order valence-electron chi connectivity index (χ4n) is 2.56. The molecule has 23 heavy (non-hydrogen) atoms. The van der Waals surface area contributed by atoms with Crippen molar-refractivity contribution in [1.29, 1.82) is 0 Å². The largest absolute Gasteiger partial charge is 0.308 e. The molecule has 0 saturated carbocycles. The second-order valence-electron chi connectivity index (χ2n) is 6.05. The Balaban J connectivity index is 1.49.